The van der Waals surface area contributed by atoms with Crippen LogP contribution in [-0.2, 0) is 18.8 Å². The first kappa shape index (κ1) is 17.0. The van der Waals surface area contributed by atoms with Crippen molar-refractivity contribution in [2.45, 2.75) is 58.1 Å². The summed E-state index contributed by atoms with van der Waals surface area (Å²) >= 11 is 0. The maximum atomic E-state index is 12.0. The maximum absolute atomic E-state index is 12.0. The topological polar surface area (TPSA) is 57.7 Å². The van der Waals surface area contributed by atoms with Crippen molar-refractivity contribution < 1.29 is 18.8 Å². The third-order valence-electron chi connectivity index (χ3n) is 4.40. The predicted octanol–water partition coefficient (Wildman–Crippen LogP) is 2.75. The van der Waals surface area contributed by atoms with Crippen LogP contribution in [0.3, 0.4) is 0 Å². The molecule has 5 nitrogen and oxygen atoms in total. The molecule has 0 radical (unpaired) electrons. The van der Waals surface area contributed by atoms with Gasteiger partial charge in [-0.1, -0.05) is 6.07 Å². The largest absolute Gasteiger partial charge is 0.466 e. The Kier molecular flexibility index (Phi) is 4.92. The molecule has 0 N–H and O–H groups in total. The van der Waals surface area contributed by atoms with Gasteiger partial charge in [-0.3, -0.25) is 9.78 Å². The van der Waals surface area contributed by atoms with Crippen LogP contribution in [0.1, 0.15) is 52.4 Å². The van der Waals surface area contributed by atoms with Crippen LogP contribution in [0.2, 0.25) is 0 Å². The van der Waals surface area contributed by atoms with E-state index in [1.807, 2.05) is 39.8 Å². The van der Waals surface area contributed by atoms with Gasteiger partial charge < -0.3 is 14.0 Å². The molecule has 0 amide bonds. The molecular weight excluding hydrogens is 281 g/mol. The molecule has 1 aliphatic rings. The van der Waals surface area contributed by atoms with Gasteiger partial charge in [0.2, 0.25) is 0 Å². The third kappa shape index (κ3) is 3.50. The molecule has 0 spiro atoms. The Morgan fingerprint density at radius 2 is 1.95 bits per heavy atom. The van der Waals surface area contributed by atoms with E-state index >= 15 is 0 Å². The van der Waals surface area contributed by atoms with E-state index < -0.39 is 18.3 Å². The van der Waals surface area contributed by atoms with Gasteiger partial charge in [-0.2, -0.15) is 0 Å². The standard InChI is InChI=1S/C16H24BNO4/c1-6-20-14(19)10-13(12-8-7-9-18-11-12)17-21-15(2,3)16(4,5)22-17/h7-9,11,13H,6,10H2,1-5H3. The monoisotopic (exact) mass is 305 g/mol. The van der Waals surface area contributed by atoms with E-state index in [1.165, 1.54) is 0 Å². The maximum Gasteiger partial charge on any atom is 0.466 e. The van der Waals surface area contributed by atoms with Crippen LogP contribution in [0.25, 0.3) is 0 Å². The van der Waals surface area contributed by atoms with Gasteiger partial charge in [0.1, 0.15) is 0 Å². The summed E-state index contributed by atoms with van der Waals surface area (Å²) < 4.78 is 17.3. The van der Waals surface area contributed by atoms with E-state index in [9.17, 15) is 4.79 Å². The molecule has 1 saturated heterocycles. The van der Waals surface area contributed by atoms with Gasteiger partial charge in [-0.15, -0.1) is 0 Å². The number of aromatic nitrogens is 1. The van der Waals surface area contributed by atoms with Crippen LogP contribution in [0.5, 0.6) is 0 Å². The summed E-state index contributed by atoms with van der Waals surface area (Å²) in [5, 5.41) is 0. The van der Waals surface area contributed by atoms with Gasteiger partial charge >= 0.3 is 13.1 Å². The van der Waals surface area contributed by atoms with Crippen molar-refractivity contribution in [2.75, 3.05) is 6.61 Å². The molecule has 6 heteroatoms. The van der Waals surface area contributed by atoms with Crippen molar-refractivity contribution in [3.8, 4) is 0 Å². The Morgan fingerprint density at radius 3 is 2.45 bits per heavy atom. The number of ether oxygens (including phenoxy) is 1. The number of esters is 1. The quantitative estimate of drug-likeness (QED) is 0.618. The second-order valence-corrected chi connectivity index (χ2v) is 6.53. The molecule has 0 bridgehead atoms. The SMILES string of the molecule is CCOC(=O)CC(B1OC(C)(C)C(C)(C)O1)c1cccnc1. The first-order valence-corrected chi connectivity index (χ1v) is 7.68. The zero-order valence-corrected chi connectivity index (χ0v) is 14.0. The Hall–Kier alpha value is -1.40. The molecule has 1 aromatic heterocycles. The summed E-state index contributed by atoms with van der Waals surface area (Å²) in [5.41, 5.74) is 0.0357. The van der Waals surface area contributed by atoms with Crippen molar-refractivity contribution in [1.29, 1.82) is 0 Å². The van der Waals surface area contributed by atoms with Gasteiger partial charge in [0.15, 0.2) is 0 Å². The minimum atomic E-state index is -0.501. The molecule has 1 atom stereocenters. The lowest BCUT2D eigenvalue weighted by Crippen LogP contribution is -2.41. The number of hydrogen-bond acceptors (Lipinski definition) is 5. The zero-order valence-electron chi connectivity index (χ0n) is 14.0. The van der Waals surface area contributed by atoms with Crippen LogP contribution in [0.4, 0.5) is 0 Å². The average Bonchev–Trinajstić information content (AvgIpc) is 2.66. The second-order valence-electron chi connectivity index (χ2n) is 6.53. The van der Waals surface area contributed by atoms with E-state index in [0.717, 1.165) is 5.56 Å². The number of carbonyl (C=O) groups excluding carboxylic acids is 1. The van der Waals surface area contributed by atoms with Crippen LogP contribution in [0.15, 0.2) is 24.5 Å². The summed E-state index contributed by atoms with van der Waals surface area (Å²) in [5.74, 6) is -0.500. The lowest BCUT2D eigenvalue weighted by atomic mass is 9.66. The highest BCUT2D eigenvalue weighted by Crippen LogP contribution is 2.41. The zero-order chi connectivity index (χ0) is 16.4. The summed E-state index contributed by atoms with van der Waals surface area (Å²) in [6.45, 7) is 10.2. The number of nitrogens with zero attached hydrogens (tertiary/aromatic N) is 1. The van der Waals surface area contributed by atoms with Crippen LogP contribution >= 0.6 is 0 Å². The minimum absolute atomic E-state index is 0.205. The van der Waals surface area contributed by atoms with Crippen LogP contribution < -0.4 is 0 Å². The van der Waals surface area contributed by atoms with E-state index in [2.05, 4.69) is 4.98 Å². The second kappa shape index (κ2) is 6.38. The highest BCUT2D eigenvalue weighted by atomic mass is 16.7. The Labute approximate surface area is 132 Å². The lowest BCUT2D eigenvalue weighted by molar-refractivity contribution is -0.143. The number of hydrogen-bond donors (Lipinski definition) is 0. The molecule has 22 heavy (non-hydrogen) atoms. The van der Waals surface area contributed by atoms with E-state index in [0.29, 0.717) is 6.61 Å². The molecule has 1 aliphatic heterocycles. The van der Waals surface area contributed by atoms with Gasteiger partial charge in [-0.25, -0.2) is 0 Å². The van der Waals surface area contributed by atoms with Crippen molar-refractivity contribution in [3.05, 3.63) is 30.1 Å². The Bertz CT molecular complexity index is 502. The molecule has 0 aliphatic carbocycles. The summed E-state index contributed by atoms with van der Waals surface area (Å²) in [7, 11) is -0.501. The first-order chi connectivity index (χ1) is 10.3. The van der Waals surface area contributed by atoms with Crippen LogP contribution in [0, 0.1) is 0 Å². The van der Waals surface area contributed by atoms with Gasteiger partial charge in [0.25, 0.3) is 0 Å². The van der Waals surface area contributed by atoms with Crippen LogP contribution in [-0.4, -0.2) is 35.9 Å². The third-order valence-corrected chi connectivity index (χ3v) is 4.40. The summed E-state index contributed by atoms with van der Waals surface area (Å²) in [6.07, 6.45) is 3.65. The average molecular weight is 305 g/mol. The first-order valence-electron chi connectivity index (χ1n) is 7.68. The molecule has 0 aromatic carbocycles. The Morgan fingerprint density at radius 1 is 1.32 bits per heavy atom. The molecule has 1 unspecified atom stereocenters. The van der Waals surface area contributed by atoms with E-state index in [1.54, 1.807) is 19.3 Å². The van der Waals surface area contributed by atoms with E-state index in [-0.39, 0.29) is 18.2 Å². The van der Waals surface area contributed by atoms with Crippen molar-refractivity contribution in [3.63, 3.8) is 0 Å². The smallest absolute Gasteiger partial charge is 0.466 e. The summed E-state index contributed by atoms with van der Waals surface area (Å²) in [6, 6.07) is 3.78. The molecule has 120 valence electrons. The lowest BCUT2D eigenvalue weighted by Gasteiger charge is -2.32. The minimum Gasteiger partial charge on any atom is -0.466 e. The fraction of sp³-hybridized carbons (Fsp3) is 0.625. The van der Waals surface area contributed by atoms with Crippen molar-refractivity contribution >= 4 is 13.1 Å². The van der Waals surface area contributed by atoms with Gasteiger partial charge in [0.05, 0.1) is 24.2 Å². The molecule has 1 fully saturated rings. The van der Waals surface area contributed by atoms with Crippen molar-refractivity contribution in [1.82, 2.24) is 4.98 Å². The van der Waals surface area contributed by atoms with Gasteiger partial charge in [-0.05, 0) is 46.2 Å². The highest BCUT2D eigenvalue weighted by molar-refractivity contribution is 6.48. The molecule has 2 rings (SSSR count). The van der Waals surface area contributed by atoms with E-state index in [4.69, 9.17) is 14.0 Å². The number of rotatable bonds is 5. The molecular formula is C16H24BNO4. The number of pyridine rings is 1. The highest BCUT2D eigenvalue weighted by Gasteiger charge is 2.54. The number of carbonyl (C=O) groups is 1. The van der Waals surface area contributed by atoms with Gasteiger partial charge in [0, 0.05) is 18.2 Å². The fourth-order valence-corrected chi connectivity index (χ4v) is 2.42. The fourth-order valence-electron chi connectivity index (χ4n) is 2.42. The Balaban J connectivity index is 2.24. The normalized spacial score (nSPS) is 20.7. The molecule has 2 heterocycles. The molecule has 0 saturated carbocycles. The molecule has 1 aromatic rings. The summed E-state index contributed by atoms with van der Waals surface area (Å²) in [4.78, 5) is 16.1. The predicted molar refractivity (Wildman–Crippen MR) is 84.3 cm³/mol. The van der Waals surface area contributed by atoms with Crippen molar-refractivity contribution in [2.24, 2.45) is 0 Å².